The highest BCUT2D eigenvalue weighted by Gasteiger charge is 2.30. The maximum atomic E-state index is 6.08. The van der Waals surface area contributed by atoms with Gasteiger partial charge in [0, 0.05) is 24.7 Å². The normalized spacial score (nSPS) is 26.1. The number of methoxy groups -OCH3 is 3. The highest BCUT2D eigenvalue weighted by Crippen LogP contribution is 2.40. The molecule has 2 rings (SSSR count). The summed E-state index contributed by atoms with van der Waals surface area (Å²) in [6.45, 7) is 4.90. The van der Waals surface area contributed by atoms with Crippen LogP contribution in [0.1, 0.15) is 25.5 Å². The molecule has 0 aromatic heterocycles. The maximum Gasteiger partial charge on any atom is 0.132 e. The largest absolute Gasteiger partial charge is 0.496 e. The summed E-state index contributed by atoms with van der Waals surface area (Å²) in [4.78, 5) is 0. The lowest BCUT2D eigenvalue weighted by atomic mass is 10.0. The van der Waals surface area contributed by atoms with Crippen molar-refractivity contribution in [1.29, 1.82) is 0 Å². The molecule has 0 saturated carbocycles. The van der Waals surface area contributed by atoms with E-state index < -0.39 is 0 Å². The first-order chi connectivity index (χ1) is 9.60. The van der Waals surface area contributed by atoms with E-state index in [1.807, 2.05) is 12.1 Å². The van der Waals surface area contributed by atoms with Crippen LogP contribution in [0.25, 0.3) is 0 Å². The van der Waals surface area contributed by atoms with Crippen LogP contribution < -0.4 is 19.5 Å². The Morgan fingerprint density at radius 2 is 1.65 bits per heavy atom. The Morgan fingerprint density at radius 3 is 2.10 bits per heavy atom. The summed E-state index contributed by atoms with van der Waals surface area (Å²) < 4.78 is 22.3. The van der Waals surface area contributed by atoms with Crippen molar-refractivity contribution in [1.82, 2.24) is 5.32 Å². The summed E-state index contributed by atoms with van der Waals surface area (Å²) in [5, 5.41) is 3.44. The third kappa shape index (κ3) is 2.83. The van der Waals surface area contributed by atoms with Crippen molar-refractivity contribution < 1.29 is 18.9 Å². The Bertz CT molecular complexity index is 438. The molecule has 1 aromatic carbocycles. The predicted octanol–water partition coefficient (Wildman–Crippen LogP) is 2.15. The molecule has 0 aliphatic carbocycles. The molecule has 1 heterocycles. The van der Waals surface area contributed by atoms with Gasteiger partial charge >= 0.3 is 0 Å². The molecule has 1 aromatic rings. The summed E-state index contributed by atoms with van der Waals surface area (Å²) >= 11 is 0. The van der Waals surface area contributed by atoms with Gasteiger partial charge in [-0.2, -0.15) is 0 Å². The van der Waals surface area contributed by atoms with E-state index in [1.54, 1.807) is 21.3 Å². The average Bonchev–Trinajstić information content (AvgIpc) is 2.48. The number of nitrogens with one attached hydrogen (secondary N) is 1. The second-order valence-electron chi connectivity index (χ2n) is 4.97. The van der Waals surface area contributed by atoms with Gasteiger partial charge in [-0.25, -0.2) is 0 Å². The first-order valence-electron chi connectivity index (χ1n) is 6.79. The van der Waals surface area contributed by atoms with Crippen LogP contribution in [0.2, 0.25) is 0 Å². The Labute approximate surface area is 120 Å². The third-order valence-electron chi connectivity index (χ3n) is 3.78. The molecule has 1 aliphatic rings. The van der Waals surface area contributed by atoms with Crippen LogP contribution in [-0.2, 0) is 4.74 Å². The van der Waals surface area contributed by atoms with Crippen molar-refractivity contribution in [2.45, 2.75) is 32.1 Å². The van der Waals surface area contributed by atoms with Gasteiger partial charge in [0.2, 0.25) is 0 Å². The molecule has 0 spiro atoms. The third-order valence-corrected chi connectivity index (χ3v) is 3.78. The minimum Gasteiger partial charge on any atom is -0.496 e. The molecule has 3 unspecified atom stereocenters. The van der Waals surface area contributed by atoms with E-state index in [0.717, 1.165) is 23.6 Å². The lowest BCUT2D eigenvalue weighted by Gasteiger charge is -2.35. The molecular formula is C15H23NO4. The van der Waals surface area contributed by atoms with Gasteiger partial charge in [0.1, 0.15) is 23.4 Å². The molecule has 0 radical (unpaired) electrons. The molecule has 112 valence electrons. The Hall–Kier alpha value is -1.46. The Balaban J connectivity index is 2.39. The maximum absolute atomic E-state index is 6.08. The van der Waals surface area contributed by atoms with E-state index in [1.165, 1.54) is 0 Å². The van der Waals surface area contributed by atoms with Crippen LogP contribution in [0.3, 0.4) is 0 Å². The summed E-state index contributed by atoms with van der Waals surface area (Å²) in [5.74, 6) is 2.14. The first-order valence-corrected chi connectivity index (χ1v) is 6.79. The summed E-state index contributed by atoms with van der Waals surface area (Å²) in [5.41, 5.74) is 0.919. The number of hydrogen-bond donors (Lipinski definition) is 1. The number of hydrogen-bond acceptors (Lipinski definition) is 5. The second kappa shape index (κ2) is 6.33. The zero-order valence-corrected chi connectivity index (χ0v) is 12.7. The Morgan fingerprint density at radius 1 is 1.05 bits per heavy atom. The van der Waals surface area contributed by atoms with Crippen molar-refractivity contribution in [3.63, 3.8) is 0 Å². The van der Waals surface area contributed by atoms with Gasteiger partial charge in [-0.3, -0.25) is 0 Å². The van der Waals surface area contributed by atoms with Gasteiger partial charge in [0.25, 0.3) is 0 Å². The van der Waals surface area contributed by atoms with Gasteiger partial charge in [-0.05, 0) is 13.8 Å². The molecule has 1 N–H and O–H groups in total. The summed E-state index contributed by atoms with van der Waals surface area (Å²) in [7, 11) is 4.90. The minimum absolute atomic E-state index is 0.1000. The Kier molecular flexibility index (Phi) is 4.73. The van der Waals surface area contributed by atoms with Gasteiger partial charge in [0.05, 0.1) is 33.0 Å². The van der Waals surface area contributed by atoms with Crippen LogP contribution in [-0.4, -0.2) is 40.0 Å². The smallest absolute Gasteiger partial charge is 0.132 e. The molecule has 1 fully saturated rings. The van der Waals surface area contributed by atoms with E-state index >= 15 is 0 Å². The van der Waals surface area contributed by atoms with Crippen molar-refractivity contribution in [3.05, 3.63) is 17.7 Å². The number of benzene rings is 1. The minimum atomic E-state index is -0.1000. The van der Waals surface area contributed by atoms with Crippen molar-refractivity contribution in [2.24, 2.45) is 0 Å². The highest BCUT2D eigenvalue weighted by atomic mass is 16.5. The zero-order chi connectivity index (χ0) is 14.7. The molecule has 0 bridgehead atoms. The SMILES string of the molecule is COc1cc(OC)c(C2CNC(C)C(C)O2)c(OC)c1. The molecule has 1 saturated heterocycles. The van der Waals surface area contributed by atoms with Crippen molar-refractivity contribution in [2.75, 3.05) is 27.9 Å². The number of ether oxygens (including phenoxy) is 4. The predicted molar refractivity (Wildman–Crippen MR) is 76.9 cm³/mol. The van der Waals surface area contributed by atoms with Crippen molar-refractivity contribution in [3.8, 4) is 17.2 Å². The molecule has 5 nitrogen and oxygen atoms in total. The van der Waals surface area contributed by atoms with E-state index in [-0.39, 0.29) is 12.2 Å². The summed E-state index contributed by atoms with van der Waals surface area (Å²) in [6.07, 6.45) is 0.0299. The molecule has 20 heavy (non-hydrogen) atoms. The van der Waals surface area contributed by atoms with E-state index in [9.17, 15) is 0 Å². The van der Waals surface area contributed by atoms with Crippen LogP contribution in [0, 0.1) is 0 Å². The van der Waals surface area contributed by atoms with E-state index in [0.29, 0.717) is 11.8 Å². The fourth-order valence-electron chi connectivity index (χ4n) is 2.40. The standard InChI is InChI=1S/C15H23NO4/c1-9-10(2)20-14(8-16-9)15-12(18-4)6-11(17-3)7-13(15)19-5/h6-7,9-10,14,16H,8H2,1-5H3. The lowest BCUT2D eigenvalue weighted by molar-refractivity contribution is -0.0525. The fourth-order valence-corrected chi connectivity index (χ4v) is 2.40. The van der Waals surface area contributed by atoms with Gasteiger partial charge < -0.3 is 24.3 Å². The van der Waals surface area contributed by atoms with Crippen LogP contribution in [0.4, 0.5) is 0 Å². The molecular weight excluding hydrogens is 258 g/mol. The van der Waals surface area contributed by atoms with Crippen LogP contribution in [0.5, 0.6) is 17.2 Å². The monoisotopic (exact) mass is 281 g/mol. The van der Waals surface area contributed by atoms with Crippen LogP contribution in [0.15, 0.2) is 12.1 Å². The van der Waals surface area contributed by atoms with Crippen molar-refractivity contribution >= 4 is 0 Å². The molecule has 5 heteroatoms. The highest BCUT2D eigenvalue weighted by molar-refractivity contribution is 5.52. The fraction of sp³-hybridized carbons (Fsp3) is 0.600. The molecule has 1 aliphatic heterocycles. The van der Waals surface area contributed by atoms with Gasteiger partial charge in [-0.15, -0.1) is 0 Å². The lowest BCUT2D eigenvalue weighted by Crippen LogP contribution is -2.46. The molecule has 0 amide bonds. The van der Waals surface area contributed by atoms with E-state index in [4.69, 9.17) is 18.9 Å². The second-order valence-corrected chi connectivity index (χ2v) is 4.97. The van der Waals surface area contributed by atoms with Gasteiger partial charge in [-0.1, -0.05) is 0 Å². The number of morpholine rings is 1. The number of rotatable bonds is 4. The zero-order valence-electron chi connectivity index (χ0n) is 12.7. The first kappa shape index (κ1) is 14.9. The molecule has 3 atom stereocenters. The topological polar surface area (TPSA) is 49.0 Å². The average molecular weight is 281 g/mol. The quantitative estimate of drug-likeness (QED) is 0.916. The van der Waals surface area contributed by atoms with E-state index in [2.05, 4.69) is 19.2 Å². The van der Waals surface area contributed by atoms with Crippen LogP contribution >= 0.6 is 0 Å². The van der Waals surface area contributed by atoms with Gasteiger partial charge in [0.15, 0.2) is 0 Å². The summed E-state index contributed by atoms with van der Waals surface area (Å²) in [6, 6.07) is 4.04.